The van der Waals surface area contributed by atoms with Crippen LogP contribution >= 0.6 is 12.4 Å². The van der Waals surface area contributed by atoms with E-state index in [1.807, 2.05) is 37.3 Å². The second-order valence-electron chi connectivity index (χ2n) is 11.4. The number of nitrogens with zero attached hydrogens (tertiary/aromatic N) is 1. The van der Waals surface area contributed by atoms with Crippen molar-refractivity contribution in [2.75, 3.05) is 35.0 Å². The summed E-state index contributed by atoms with van der Waals surface area (Å²) in [6.07, 6.45) is 6.20. The number of carbonyl (C=O) groups excluding carboxylic acids is 1. The first-order valence-corrected chi connectivity index (χ1v) is 16.1. The van der Waals surface area contributed by atoms with E-state index < -0.39 is 22.2 Å². The van der Waals surface area contributed by atoms with Gasteiger partial charge in [-0.25, -0.2) is 8.42 Å². The summed E-state index contributed by atoms with van der Waals surface area (Å²) in [6.45, 7) is 3.42. The first kappa shape index (κ1) is 30.6. The normalized spacial score (nSPS) is 24.6. The third-order valence-electron chi connectivity index (χ3n) is 8.60. The molecule has 0 spiro atoms. The molecule has 4 N–H and O–H groups in total. The second-order valence-corrected chi connectivity index (χ2v) is 13.4. The predicted octanol–water partition coefficient (Wildman–Crippen LogP) is 3.95. The Hall–Kier alpha value is -2.33. The van der Waals surface area contributed by atoms with Crippen molar-refractivity contribution in [2.24, 2.45) is 11.8 Å². The van der Waals surface area contributed by atoms with Gasteiger partial charge >= 0.3 is 0 Å². The number of hydrogen-bond donors (Lipinski definition) is 4. The lowest BCUT2D eigenvalue weighted by molar-refractivity contribution is 0.0819. The van der Waals surface area contributed by atoms with Crippen molar-refractivity contribution in [1.29, 1.82) is 0 Å². The highest BCUT2D eigenvalue weighted by molar-refractivity contribution is 7.92. The minimum atomic E-state index is -3.42. The fourth-order valence-electron chi connectivity index (χ4n) is 6.58. The van der Waals surface area contributed by atoms with E-state index in [2.05, 4.69) is 16.0 Å². The topological polar surface area (TPSA) is 111 Å². The molecule has 0 radical (unpaired) electrons. The van der Waals surface area contributed by atoms with Crippen LogP contribution in [0.1, 0.15) is 61.4 Å². The SMILES string of the molecule is CCNc1cc(C(=O)N[C@@H](Cc2ccccc2)[C@H](O)CNC2CC3CCC2C3)cc(N2CCCCS2(=O)=O)c1.Cl. The third kappa shape index (κ3) is 7.29. The van der Waals surface area contributed by atoms with Gasteiger partial charge in [0.05, 0.1) is 23.6 Å². The Balaban J connectivity index is 0.00000370. The smallest absolute Gasteiger partial charge is 0.251 e. The summed E-state index contributed by atoms with van der Waals surface area (Å²) < 4.78 is 27.0. The molecule has 3 fully saturated rings. The zero-order chi connectivity index (χ0) is 27.4. The van der Waals surface area contributed by atoms with Crippen molar-refractivity contribution >= 4 is 39.7 Å². The van der Waals surface area contributed by atoms with Gasteiger partial charge in [-0.3, -0.25) is 9.10 Å². The van der Waals surface area contributed by atoms with Crippen LogP contribution in [0, 0.1) is 11.8 Å². The minimum absolute atomic E-state index is 0. The zero-order valence-electron chi connectivity index (χ0n) is 23.2. The van der Waals surface area contributed by atoms with E-state index in [0.717, 1.165) is 17.9 Å². The van der Waals surface area contributed by atoms with Gasteiger partial charge in [0.1, 0.15) is 0 Å². The number of hydrogen-bond acceptors (Lipinski definition) is 6. The van der Waals surface area contributed by atoms with Gasteiger partial charge in [0.25, 0.3) is 5.91 Å². The van der Waals surface area contributed by atoms with Crippen LogP contribution in [0.2, 0.25) is 0 Å². The summed E-state index contributed by atoms with van der Waals surface area (Å²) in [5.74, 6) is 1.29. The van der Waals surface area contributed by atoms with Gasteiger partial charge in [-0.1, -0.05) is 36.8 Å². The van der Waals surface area contributed by atoms with E-state index in [0.29, 0.717) is 61.4 Å². The van der Waals surface area contributed by atoms with Gasteiger partial charge in [-0.05, 0) is 81.0 Å². The average molecular weight is 591 g/mol. The number of nitrogens with one attached hydrogen (secondary N) is 3. The van der Waals surface area contributed by atoms with Crippen molar-refractivity contribution in [3.63, 3.8) is 0 Å². The largest absolute Gasteiger partial charge is 0.390 e. The van der Waals surface area contributed by atoms with Gasteiger partial charge in [-0.2, -0.15) is 0 Å². The fraction of sp³-hybridized carbons (Fsp3) is 0.567. The van der Waals surface area contributed by atoms with Crippen molar-refractivity contribution in [3.05, 3.63) is 59.7 Å². The predicted molar refractivity (Wildman–Crippen MR) is 163 cm³/mol. The Morgan fingerprint density at radius 2 is 1.90 bits per heavy atom. The van der Waals surface area contributed by atoms with Crippen molar-refractivity contribution < 1.29 is 18.3 Å². The zero-order valence-corrected chi connectivity index (χ0v) is 24.9. The summed E-state index contributed by atoms with van der Waals surface area (Å²) >= 11 is 0. The summed E-state index contributed by atoms with van der Waals surface area (Å²) in [7, 11) is -3.42. The van der Waals surface area contributed by atoms with Crippen LogP contribution in [0.3, 0.4) is 0 Å². The molecule has 2 bridgehead atoms. The lowest BCUT2D eigenvalue weighted by Crippen LogP contribution is -2.50. The molecule has 2 saturated carbocycles. The van der Waals surface area contributed by atoms with Gasteiger partial charge in [-0.15, -0.1) is 12.4 Å². The number of halogens is 1. The lowest BCUT2D eigenvalue weighted by Gasteiger charge is -2.30. The molecule has 2 aliphatic carbocycles. The number of rotatable bonds is 11. The van der Waals surface area contributed by atoms with Gasteiger partial charge in [0, 0.05) is 36.9 Å². The number of amides is 1. The van der Waals surface area contributed by atoms with E-state index in [9.17, 15) is 18.3 Å². The molecule has 0 aromatic heterocycles. The van der Waals surface area contributed by atoms with Gasteiger partial charge in [0.15, 0.2) is 0 Å². The maximum Gasteiger partial charge on any atom is 0.251 e. The average Bonchev–Trinajstić information content (AvgIpc) is 3.55. The van der Waals surface area contributed by atoms with E-state index in [4.69, 9.17) is 0 Å². The minimum Gasteiger partial charge on any atom is -0.390 e. The number of aliphatic hydroxyl groups excluding tert-OH is 1. The number of benzene rings is 2. The summed E-state index contributed by atoms with van der Waals surface area (Å²) in [6, 6.07) is 15.0. The Labute approximate surface area is 244 Å². The van der Waals surface area contributed by atoms with Crippen LogP contribution in [0.15, 0.2) is 48.5 Å². The molecule has 1 heterocycles. The second kappa shape index (κ2) is 13.6. The number of anilines is 2. The van der Waals surface area contributed by atoms with Crippen molar-refractivity contribution in [3.8, 4) is 0 Å². The molecular weight excluding hydrogens is 548 g/mol. The Kier molecular flexibility index (Phi) is 10.4. The lowest BCUT2D eigenvalue weighted by atomic mass is 9.94. The molecule has 3 aliphatic rings. The summed E-state index contributed by atoms with van der Waals surface area (Å²) in [5, 5.41) is 21.2. The maximum absolute atomic E-state index is 13.6. The van der Waals surface area contributed by atoms with E-state index in [1.54, 1.807) is 18.2 Å². The summed E-state index contributed by atoms with van der Waals surface area (Å²) in [5.41, 5.74) is 2.59. The van der Waals surface area contributed by atoms with Crippen LogP contribution in [0.5, 0.6) is 0 Å². The van der Waals surface area contributed by atoms with E-state index in [-0.39, 0.29) is 24.1 Å². The molecule has 10 heteroatoms. The highest BCUT2D eigenvalue weighted by Gasteiger charge is 2.39. The number of fused-ring (bicyclic) bond motifs is 2. The van der Waals surface area contributed by atoms with Gasteiger partial charge in [0.2, 0.25) is 10.0 Å². The third-order valence-corrected chi connectivity index (χ3v) is 10.5. The molecule has 1 amide bonds. The number of carbonyl (C=O) groups is 1. The molecular formula is C30H43ClN4O4S. The van der Waals surface area contributed by atoms with Crippen LogP contribution in [-0.2, 0) is 16.4 Å². The first-order valence-electron chi connectivity index (χ1n) is 14.5. The molecule has 1 saturated heterocycles. The molecule has 1 aliphatic heterocycles. The van der Waals surface area contributed by atoms with E-state index in [1.165, 1.54) is 30.0 Å². The van der Waals surface area contributed by atoms with Crippen molar-refractivity contribution in [2.45, 2.75) is 70.1 Å². The highest BCUT2D eigenvalue weighted by Crippen LogP contribution is 2.44. The van der Waals surface area contributed by atoms with Crippen molar-refractivity contribution in [1.82, 2.24) is 10.6 Å². The molecule has 2 aromatic rings. The van der Waals surface area contributed by atoms with Crippen LogP contribution in [0.4, 0.5) is 11.4 Å². The number of sulfonamides is 1. The Morgan fingerprint density at radius 3 is 2.58 bits per heavy atom. The molecule has 5 rings (SSSR count). The standard InChI is InChI=1S/C30H42N4O4S.ClH/c1-2-31-25-17-24(18-26(19-25)34-12-6-7-13-39(34,37)38)30(36)33-28(15-21-8-4-3-5-9-21)29(35)20-32-27-16-22-10-11-23(27)14-22;/h3-5,8-9,17-19,22-23,27-29,31-32,35H,2,6-7,10-16,20H2,1H3,(H,33,36);1H/t22?,23?,27?,28-,29+;/m0./s1. The molecule has 40 heavy (non-hydrogen) atoms. The highest BCUT2D eigenvalue weighted by atomic mass is 35.5. The Morgan fingerprint density at radius 1 is 1.10 bits per heavy atom. The molecule has 220 valence electrons. The first-order chi connectivity index (χ1) is 18.8. The fourth-order valence-corrected chi connectivity index (χ4v) is 8.21. The quantitative estimate of drug-likeness (QED) is 0.315. The van der Waals surface area contributed by atoms with Gasteiger partial charge < -0.3 is 21.1 Å². The van der Waals surface area contributed by atoms with E-state index >= 15 is 0 Å². The van der Waals surface area contributed by atoms with Crippen LogP contribution in [0.25, 0.3) is 0 Å². The molecule has 2 aromatic carbocycles. The summed E-state index contributed by atoms with van der Waals surface area (Å²) in [4.78, 5) is 13.6. The van der Waals surface area contributed by atoms with Crippen LogP contribution in [-0.4, -0.2) is 63.0 Å². The molecule has 3 unspecified atom stereocenters. The molecule has 5 atom stereocenters. The van der Waals surface area contributed by atoms with Crippen LogP contribution < -0.4 is 20.3 Å². The number of aliphatic hydroxyl groups is 1. The maximum atomic E-state index is 13.6. The molecule has 8 nitrogen and oxygen atoms in total. The monoisotopic (exact) mass is 590 g/mol. The Bertz CT molecular complexity index is 1250.